The summed E-state index contributed by atoms with van der Waals surface area (Å²) in [4.78, 5) is 37.3. The fourth-order valence-corrected chi connectivity index (χ4v) is 3.59. The molecule has 1 aromatic carbocycles. The number of pyridine rings is 1. The molecule has 0 saturated carbocycles. The molecule has 0 spiro atoms. The quantitative estimate of drug-likeness (QED) is 0.506. The maximum absolute atomic E-state index is 14.5. The summed E-state index contributed by atoms with van der Waals surface area (Å²) in [7, 11) is 0. The number of amides is 2. The molecule has 0 radical (unpaired) electrons. The molecule has 3 heterocycles. The van der Waals surface area contributed by atoms with E-state index in [0.29, 0.717) is 32.2 Å². The lowest BCUT2D eigenvalue weighted by Gasteiger charge is -2.36. The minimum absolute atomic E-state index is 0. The van der Waals surface area contributed by atoms with Gasteiger partial charge in [-0.05, 0) is 23.8 Å². The Morgan fingerprint density at radius 3 is 2.31 bits per heavy atom. The van der Waals surface area contributed by atoms with Gasteiger partial charge in [-0.3, -0.25) is 19.5 Å². The van der Waals surface area contributed by atoms with E-state index >= 15 is 0 Å². The third-order valence-electron chi connectivity index (χ3n) is 5.30. The first-order valence-electron chi connectivity index (χ1n) is 10.1. The number of piperazine rings is 1. The summed E-state index contributed by atoms with van der Waals surface area (Å²) in [5.41, 5.74) is 0.950. The van der Waals surface area contributed by atoms with Crippen LogP contribution in [0.15, 0.2) is 59.8 Å². The zero-order chi connectivity index (χ0) is 22.5. The van der Waals surface area contributed by atoms with E-state index in [2.05, 4.69) is 20.2 Å². The van der Waals surface area contributed by atoms with Gasteiger partial charge in [0.25, 0.3) is 5.91 Å². The Morgan fingerprint density at radius 1 is 1.03 bits per heavy atom. The summed E-state index contributed by atoms with van der Waals surface area (Å²) >= 11 is 0. The highest BCUT2D eigenvalue weighted by Gasteiger charge is 2.32. The Balaban J connectivity index is 0.00000204. The van der Waals surface area contributed by atoms with Crippen LogP contribution in [0.25, 0.3) is 0 Å². The number of rotatable bonds is 6. The molecule has 13 heteroatoms. The average Bonchev–Trinajstić information content (AvgIpc) is 3.34. The minimum atomic E-state index is -1.33. The molecule has 1 saturated heterocycles. The van der Waals surface area contributed by atoms with Crippen LogP contribution in [0.3, 0.4) is 0 Å². The van der Waals surface area contributed by atoms with Crippen molar-refractivity contribution < 1.29 is 22.8 Å². The molecule has 190 valence electrons. The zero-order valence-electron chi connectivity index (χ0n) is 18.3. The summed E-state index contributed by atoms with van der Waals surface area (Å²) in [6.07, 6.45) is 5.66. The number of aromatic nitrogens is 2. The molecule has 0 bridgehead atoms. The molecular formula is C22H24Cl3F2N5O3. The monoisotopic (exact) mass is 549 g/mol. The second-order valence-corrected chi connectivity index (χ2v) is 7.40. The first kappa shape index (κ1) is 30.2. The fourth-order valence-electron chi connectivity index (χ4n) is 3.59. The van der Waals surface area contributed by atoms with Crippen molar-refractivity contribution in [3.63, 3.8) is 0 Å². The topological polar surface area (TPSA) is 91.6 Å². The van der Waals surface area contributed by atoms with Crippen molar-refractivity contribution in [3.05, 3.63) is 83.8 Å². The van der Waals surface area contributed by atoms with Gasteiger partial charge in [-0.2, -0.15) is 0 Å². The Labute approximate surface area is 219 Å². The highest BCUT2D eigenvalue weighted by Crippen LogP contribution is 2.22. The Morgan fingerprint density at radius 2 is 1.71 bits per heavy atom. The van der Waals surface area contributed by atoms with Crippen molar-refractivity contribution in [3.8, 4) is 0 Å². The molecule has 1 atom stereocenters. The molecule has 1 N–H and O–H groups in total. The van der Waals surface area contributed by atoms with Crippen LogP contribution in [-0.4, -0.2) is 57.8 Å². The Hall–Kier alpha value is -2.79. The zero-order valence-corrected chi connectivity index (χ0v) is 20.8. The highest BCUT2D eigenvalue weighted by molar-refractivity contribution is 5.96. The molecule has 1 aliphatic rings. The van der Waals surface area contributed by atoms with E-state index in [0.717, 1.165) is 36.9 Å². The van der Waals surface area contributed by atoms with Gasteiger partial charge in [0, 0.05) is 56.7 Å². The molecule has 1 fully saturated rings. The lowest BCUT2D eigenvalue weighted by molar-refractivity contribution is -0.135. The van der Waals surface area contributed by atoms with Crippen molar-refractivity contribution in [1.82, 2.24) is 25.1 Å². The lowest BCUT2D eigenvalue weighted by atomic mass is 10.0. The van der Waals surface area contributed by atoms with E-state index in [1.54, 1.807) is 17.3 Å². The van der Waals surface area contributed by atoms with Gasteiger partial charge in [0.1, 0.15) is 23.9 Å². The number of carbonyl (C=O) groups is 2. The smallest absolute Gasteiger partial charge is 0.274 e. The van der Waals surface area contributed by atoms with E-state index in [9.17, 15) is 18.4 Å². The van der Waals surface area contributed by atoms with Gasteiger partial charge < -0.3 is 14.6 Å². The fraction of sp³-hybridized carbons (Fsp3) is 0.273. The van der Waals surface area contributed by atoms with Crippen LogP contribution >= 0.6 is 37.2 Å². The molecule has 3 aromatic rings. The normalized spacial score (nSPS) is 14.1. The first-order valence-corrected chi connectivity index (χ1v) is 10.1. The maximum Gasteiger partial charge on any atom is 0.274 e. The molecule has 4 rings (SSSR count). The highest BCUT2D eigenvalue weighted by atomic mass is 35.5. The molecule has 1 aliphatic heterocycles. The number of carbonyl (C=O) groups excluding carboxylic acids is 2. The number of nitrogens with zero attached hydrogens (tertiary/aromatic N) is 4. The number of nitrogens with one attached hydrogen (secondary N) is 1. The minimum Gasteiger partial charge on any atom is -0.451 e. The summed E-state index contributed by atoms with van der Waals surface area (Å²) in [5, 5.41) is 2.51. The van der Waals surface area contributed by atoms with Crippen molar-refractivity contribution in [2.45, 2.75) is 12.6 Å². The van der Waals surface area contributed by atoms with E-state index in [1.165, 1.54) is 0 Å². The molecule has 35 heavy (non-hydrogen) atoms. The summed E-state index contributed by atoms with van der Waals surface area (Å²) in [5.74, 6) is -2.86. The summed E-state index contributed by atoms with van der Waals surface area (Å²) < 4.78 is 32.7. The Kier molecular flexibility index (Phi) is 12.0. The van der Waals surface area contributed by atoms with Crippen LogP contribution in [-0.2, 0) is 11.3 Å². The van der Waals surface area contributed by atoms with Crippen molar-refractivity contribution in [2.75, 3.05) is 26.2 Å². The summed E-state index contributed by atoms with van der Waals surface area (Å²) in [6.45, 7) is 2.77. The number of benzene rings is 1. The van der Waals surface area contributed by atoms with Gasteiger partial charge in [-0.1, -0.05) is 6.07 Å². The first-order chi connectivity index (χ1) is 15.5. The third kappa shape index (κ3) is 7.60. The van der Waals surface area contributed by atoms with Crippen molar-refractivity contribution >= 4 is 49.0 Å². The van der Waals surface area contributed by atoms with Gasteiger partial charge in [0.15, 0.2) is 12.1 Å². The van der Waals surface area contributed by atoms with Gasteiger partial charge in [0.05, 0.1) is 0 Å². The lowest BCUT2D eigenvalue weighted by Crippen LogP contribution is -2.52. The molecule has 0 aliphatic carbocycles. The van der Waals surface area contributed by atoms with E-state index in [1.807, 2.05) is 12.1 Å². The molecular weight excluding hydrogens is 527 g/mol. The van der Waals surface area contributed by atoms with Crippen LogP contribution in [0.1, 0.15) is 27.7 Å². The third-order valence-corrected chi connectivity index (χ3v) is 5.30. The standard InChI is InChI=1S/C22H21F2N5O3.3ClH/c23-16-1-2-17(18(24)11-16)20(27-21(30)19-13-32-14-26-19)22(31)29-9-7-28(8-10-29)12-15-3-5-25-6-4-15;;;/h1-6,11,13-14,20H,7-10,12H2,(H,27,30);3*1H. The Bertz CT molecular complexity index is 1090. The van der Waals surface area contributed by atoms with E-state index in [4.69, 9.17) is 4.42 Å². The van der Waals surface area contributed by atoms with Crippen LogP contribution in [0.2, 0.25) is 0 Å². The van der Waals surface area contributed by atoms with E-state index in [-0.39, 0.29) is 48.5 Å². The van der Waals surface area contributed by atoms with Gasteiger partial charge in [0.2, 0.25) is 5.91 Å². The summed E-state index contributed by atoms with van der Waals surface area (Å²) in [6, 6.07) is 5.44. The largest absolute Gasteiger partial charge is 0.451 e. The molecule has 1 unspecified atom stereocenters. The predicted molar refractivity (Wildman–Crippen MR) is 131 cm³/mol. The average molecular weight is 551 g/mol. The second-order valence-electron chi connectivity index (χ2n) is 7.40. The SMILES string of the molecule is Cl.Cl.Cl.O=C(NC(C(=O)N1CCN(Cc2ccncc2)CC1)c1ccc(F)cc1F)c1cocn1. The maximum atomic E-state index is 14.5. The van der Waals surface area contributed by atoms with Crippen molar-refractivity contribution in [1.29, 1.82) is 0 Å². The number of oxazole rings is 1. The van der Waals surface area contributed by atoms with Gasteiger partial charge in [-0.25, -0.2) is 13.8 Å². The van der Waals surface area contributed by atoms with Crippen LogP contribution in [0.4, 0.5) is 8.78 Å². The van der Waals surface area contributed by atoms with Crippen LogP contribution in [0.5, 0.6) is 0 Å². The number of halogens is 5. The van der Waals surface area contributed by atoms with Crippen molar-refractivity contribution in [2.24, 2.45) is 0 Å². The number of hydrogen-bond acceptors (Lipinski definition) is 6. The second kappa shape index (κ2) is 13.9. The van der Waals surface area contributed by atoms with Gasteiger partial charge in [-0.15, -0.1) is 37.2 Å². The molecule has 2 amide bonds. The molecule has 2 aromatic heterocycles. The molecule has 8 nitrogen and oxygen atoms in total. The number of hydrogen-bond donors (Lipinski definition) is 1. The predicted octanol–water partition coefficient (Wildman–Crippen LogP) is 3.43. The van der Waals surface area contributed by atoms with Crippen LogP contribution in [0, 0.1) is 11.6 Å². The van der Waals surface area contributed by atoms with Crippen LogP contribution < -0.4 is 5.32 Å². The van der Waals surface area contributed by atoms with E-state index < -0.39 is 29.5 Å². The van der Waals surface area contributed by atoms with Gasteiger partial charge >= 0.3 is 0 Å².